The summed E-state index contributed by atoms with van der Waals surface area (Å²) in [6.07, 6.45) is 0.0540. The van der Waals surface area contributed by atoms with Crippen LogP contribution in [0.15, 0.2) is 22.7 Å². The van der Waals surface area contributed by atoms with Crippen molar-refractivity contribution in [3.8, 4) is 0 Å². The molecule has 0 bridgehead atoms. The molecule has 1 fully saturated rings. The number of hydrogen-bond donors (Lipinski definition) is 3. The second-order valence-electron chi connectivity index (χ2n) is 4.30. The highest BCUT2D eigenvalue weighted by Crippen LogP contribution is 2.20. The Bertz CT molecular complexity index is 442. The molecule has 3 N–H and O–H groups in total. The molecule has 0 aromatic heterocycles. The van der Waals surface area contributed by atoms with Gasteiger partial charge < -0.3 is 15.7 Å². The fraction of sp³-hybridized carbons (Fsp3) is 0.417. The van der Waals surface area contributed by atoms with E-state index in [9.17, 15) is 9.90 Å². The summed E-state index contributed by atoms with van der Waals surface area (Å²) in [4.78, 5) is 11.9. The molecular weight excluding hydrogens is 320 g/mol. The van der Waals surface area contributed by atoms with Crippen molar-refractivity contribution in [3.05, 3.63) is 28.2 Å². The molecule has 1 aromatic carbocycles. The Balaban J connectivity index is 0.00000162. The van der Waals surface area contributed by atoms with E-state index in [4.69, 9.17) is 0 Å². The van der Waals surface area contributed by atoms with Gasteiger partial charge in [-0.1, -0.05) is 15.9 Å². The second kappa shape index (κ2) is 6.52. The van der Waals surface area contributed by atoms with E-state index in [-0.39, 0.29) is 24.4 Å². The molecule has 100 valence electrons. The number of aliphatic hydroxyl groups excluding tert-OH is 1. The maximum atomic E-state index is 11.9. The third-order valence-electron chi connectivity index (χ3n) is 2.87. The molecular formula is C12H16BrClN2O2. The number of nitrogens with one attached hydrogen (secondary N) is 2. The van der Waals surface area contributed by atoms with Crippen LogP contribution in [0.1, 0.15) is 12.0 Å². The molecule has 1 saturated heterocycles. The average Bonchev–Trinajstić information content (AvgIpc) is 2.69. The maximum Gasteiger partial charge on any atom is 0.241 e. The van der Waals surface area contributed by atoms with E-state index in [1.165, 1.54) is 0 Å². The van der Waals surface area contributed by atoms with Crippen molar-refractivity contribution in [2.75, 3.05) is 11.9 Å². The normalized spacial score (nSPS) is 22.4. The Morgan fingerprint density at radius 2 is 2.28 bits per heavy atom. The van der Waals surface area contributed by atoms with Crippen molar-refractivity contribution in [3.63, 3.8) is 0 Å². The standard InChI is InChI=1S/C12H15BrN2O2.ClH/c1-7-4-8(13)2-3-10(7)15-12(17)11-5-9(16)6-14-11;/h2-4,9,11,14,16H,5-6H2,1H3,(H,15,17);1H. The zero-order chi connectivity index (χ0) is 12.4. The summed E-state index contributed by atoms with van der Waals surface area (Å²) in [5.41, 5.74) is 1.81. The molecule has 0 radical (unpaired) electrons. The van der Waals surface area contributed by atoms with Crippen LogP contribution in [-0.4, -0.2) is 29.7 Å². The van der Waals surface area contributed by atoms with E-state index in [0.717, 1.165) is 15.7 Å². The van der Waals surface area contributed by atoms with Gasteiger partial charge in [-0.3, -0.25) is 4.79 Å². The van der Waals surface area contributed by atoms with Gasteiger partial charge in [0.05, 0.1) is 12.1 Å². The fourth-order valence-corrected chi connectivity index (χ4v) is 2.38. The lowest BCUT2D eigenvalue weighted by Gasteiger charge is -2.13. The van der Waals surface area contributed by atoms with Gasteiger partial charge in [0.25, 0.3) is 0 Å². The summed E-state index contributed by atoms with van der Waals surface area (Å²) in [6, 6.07) is 5.41. The Morgan fingerprint density at radius 3 is 2.83 bits per heavy atom. The molecule has 18 heavy (non-hydrogen) atoms. The van der Waals surface area contributed by atoms with E-state index in [1.54, 1.807) is 0 Å². The molecule has 2 rings (SSSR count). The minimum Gasteiger partial charge on any atom is -0.392 e. The Labute approximate surface area is 121 Å². The topological polar surface area (TPSA) is 61.4 Å². The minimum absolute atomic E-state index is 0. The van der Waals surface area contributed by atoms with Gasteiger partial charge in [-0.2, -0.15) is 0 Å². The molecule has 4 nitrogen and oxygen atoms in total. The molecule has 1 aliphatic heterocycles. The van der Waals surface area contributed by atoms with Crippen LogP contribution in [0.4, 0.5) is 5.69 Å². The van der Waals surface area contributed by atoms with Crippen molar-refractivity contribution in [2.45, 2.75) is 25.5 Å². The number of benzene rings is 1. The van der Waals surface area contributed by atoms with Crippen LogP contribution in [0.3, 0.4) is 0 Å². The molecule has 0 spiro atoms. The number of carbonyl (C=O) groups excluding carboxylic acids is 1. The monoisotopic (exact) mass is 334 g/mol. The quantitative estimate of drug-likeness (QED) is 0.773. The number of hydrogen-bond acceptors (Lipinski definition) is 3. The Hall–Kier alpha value is -0.620. The number of carbonyl (C=O) groups is 1. The minimum atomic E-state index is -0.420. The first-order valence-corrected chi connectivity index (χ1v) is 6.34. The number of aliphatic hydroxyl groups is 1. The van der Waals surface area contributed by atoms with E-state index in [2.05, 4.69) is 26.6 Å². The smallest absolute Gasteiger partial charge is 0.241 e. The lowest BCUT2D eigenvalue weighted by Crippen LogP contribution is -2.35. The van der Waals surface area contributed by atoms with Gasteiger partial charge in [0, 0.05) is 16.7 Å². The number of amides is 1. The van der Waals surface area contributed by atoms with E-state index in [1.807, 2.05) is 25.1 Å². The van der Waals surface area contributed by atoms with Crippen molar-refractivity contribution in [2.24, 2.45) is 0 Å². The highest BCUT2D eigenvalue weighted by molar-refractivity contribution is 9.10. The van der Waals surface area contributed by atoms with Crippen LogP contribution in [0.2, 0.25) is 0 Å². The Morgan fingerprint density at radius 1 is 1.56 bits per heavy atom. The summed E-state index contributed by atoms with van der Waals surface area (Å²) < 4.78 is 0.988. The third kappa shape index (κ3) is 3.68. The molecule has 2 atom stereocenters. The summed E-state index contributed by atoms with van der Waals surface area (Å²) in [5.74, 6) is -0.0908. The zero-order valence-electron chi connectivity index (χ0n) is 9.94. The average molecular weight is 336 g/mol. The molecule has 6 heteroatoms. The lowest BCUT2D eigenvalue weighted by molar-refractivity contribution is -0.117. The SMILES string of the molecule is Cc1cc(Br)ccc1NC(=O)C1CC(O)CN1.Cl. The van der Waals surface area contributed by atoms with Crippen molar-refractivity contribution < 1.29 is 9.90 Å². The maximum absolute atomic E-state index is 11.9. The van der Waals surface area contributed by atoms with Crippen LogP contribution in [0, 0.1) is 6.92 Å². The van der Waals surface area contributed by atoms with Crippen LogP contribution >= 0.6 is 28.3 Å². The van der Waals surface area contributed by atoms with E-state index < -0.39 is 6.10 Å². The van der Waals surface area contributed by atoms with Gasteiger partial charge in [0.15, 0.2) is 0 Å². The zero-order valence-corrected chi connectivity index (χ0v) is 12.3. The van der Waals surface area contributed by atoms with Gasteiger partial charge in [-0.15, -0.1) is 12.4 Å². The largest absolute Gasteiger partial charge is 0.392 e. The van der Waals surface area contributed by atoms with Crippen molar-refractivity contribution >= 4 is 39.9 Å². The number of halogens is 2. The van der Waals surface area contributed by atoms with Gasteiger partial charge in [-0.05, 0) is 37.1 Å². The van der Waals surface area contributed by atoms with Gasteiger partial charge >= 0.3 is 0 Å². The molecule has 1 amide bonds. The first-order valence-electron chi connectivity index (χ1n) is 5.54. The summed E-state index contributed by atoms with van der Waals surface area (Å²) >= 11 is 3.38. The summed E-state index contributed by atoms with van der Waals surface area (Å²) in [5, 5.41) is 15.2. The molecule has 1 aromatic rings. The van der Waals surface area contributed by atoms with Crippen LogP contribution < -0.4 is 10.6 Å². The molecule has 0 saturated carbocycles. The van der Waals surface area contributed by atoms with Crippen molar-refractivity contribution in [1.82, 2.24) is 5.32 Å². The number of β-amino-alcohol motifs (C(OH)–C–C–N with tert-alkyl or cyclic N) is 1. The number of aryl methyl sites for hydroxylation is 1. The van der Waals surface area contributed by atoms with E-state index >= 15 is 0 Å². The summed E-state index contributed by atoms with van der Waals surface area (Å²) in [7, 11) is 0. The molecule has 1 heterocycles. The van der Waals surface area contributed by atoms with Gasteiger partial charge in [0.1, 0.15) is 0 Å². The highest BCUT2D eigenvalue weighted by Gasteiger charge is 2.28. The highest BCUT2D eigenvalue weighted by atomic mass is 79.9. The first kappa shape index (κ1) is 15.4. The predicted octanol–water partition coefficient (Wildman–Crippen LogP) is 1.84. The van der Waals surface area contributed by atoms with Crippen LogP contribution in [0.25, 0.3) is 0 Å². The predicted molar refractivity (Wildman–Crippen MR) is 77.2 cm³/mol. The Kier molecular flexibility index (Phi) is 5.59. The molecule has 1 aliphatic rings. The van der Waals surface area contributed by atoms with Crippen molar-refractivity contribution in [1.29, 1.82) is 0 Å². The van der Waals surface area contributed by atoms with Crippen LogP contribution in [-0.2, 0) is 4.79 Å². The first-order chi connectivity index (χ1) is 8.06. The second-order valence-corrected chi connectivity index (χ2v) is 5.21. The third-order valence-corrected chi connectivity index (χ3v) is 3.36. The van der Waals surface area contributed by atoms with Gasteiger partial charge in [-0.25, -0.2) is 0 Å². The molecule has 2 unspecified atom stereocenters. The van der Waals surface area contributed by atoms with E-state index in [0.29, 0.717) is 13.0 Å². The van der Waals surface area contributed by atoms with Gasteiger partial charge in [0.2, 0.25) is 5.91 Å². The fourth-order valence-electron chi connectivity index (χ4n) is 1.90. The summed E-state index contributed by atoms with van der Waals surface area (Å²) in [6.45, 7) is 2.43. The molecule has 0 aliphatic carbocycles. The number of anilines is 1. The van der Waals surface area contributed by atoms with Crippen LogP contribution in [0.5, 0.6) is 0 Å². The lowest BCUT2D eigenvalue weighted by atomic mass is 10.1. The number of rotatable bonds is 2.